The third-order valence-corrected chi connectivity index (χ3v) is 6.68. The average Bonchev–Trinajstić information content (AvgIpc) is 3.25. The van der Waals surface area contributed by atoms with Crippen molar-refractivity contribution in [3.8, 4) is 0 Å². The molecule has 0 radical (unpaired) electrons. The van der Waals surface area contributed by atoms with E-state index < -0.39 is 0 Å². The van der Waals surface area contributed by atoms with E-state index in [2.05, 4.69) is 42.9 Å². The number of anilines is 1. The van der Waals surface area contributed by atoms with Crippen LogP contribution in [0.2, 0.25) is 0 Å². The summed E-state index contributed by atoms with van der Waals surface area (Å²) in [6.45, 7) is 7.52. The molecule has 0 spiro atoms. The number of methoxy groups -OCH3 is 1. The second-order valence-corrected chi connectivity index (χ2v) is 8.51. The molecule has 3 rings (SSSR count). The Kier molecular flexibility index (Phi) is 10.9. The summed E-state index contributed by atoms with van der Waals surface area (Å²) in [6.07, 6.45) is 4.84. The van der Waals surface area contributed by atoms with Crippen molar-refractivity contribution >= 4 is 46.3 Å². The zero-order valence-corrected chi connectivity index (χ0v) is 20.4. The van der Waals surface area contributed by atoms with Gasteiger partial charge in [0.2, 0.25) is 0 Å². The van der Waals surface area contributed by atoms with Crippen LogP contribution in [0.1, 0.15) is 25.7 Å². The van der Waals surface area contributed by atoms with E-state index in [0.717, 1.165) is 57.5 Å². The quantitative estimate of drug-likeness (QED) is 0.329. The van der Waals surface area contributed by atoms with Crippen LogP contribution < -0.4 is 15.5 Å². The molecule has 6 nitrogen and oxygen atoms in total. The highest BCUT2D eigenvalue weighted by Crippen LogP contribution is 2.24. The summed E-state index contributed by atoms with van der Waals surface area (Å²) < 4.78 is 5.18. The van der Waals surface area contributed by atoms with E-state index in [0.29, 0.717) is 6.04 Å². The molecule has 160 valence electrons. The zero-order chi connectivity index (χ0) is 18.9. The van der Waals surface area contributed by atoms with Gasteiger partial charge in [-0.1, -0.05) is 0 Å². The molecule has 1 aromatic rings. The molecule has 0 unspecified atom stereocenters. The first-order valence-corrected chi connectivity index (χ1v) is 11.1. The van der Waals surface area contributed by atoms with Crippen LogP contribution in [0, 0.1) is 5.92 Å². The Morgan fingerprint density at radius 3 is 2.57 bits per heavy atom. The number of hydrogen-bond acceptors (Lipinski definition) is 5. The average molecular weight is 522 g/mol. The number of nitrogens with zero attached hydrogens (tertiary/aromatic N) is 3. The van der Waals surface area contributed by atoms with Crippen molar-refractivity contribution in [3.63, 3.8) is 0 Å². The Morgan fingerprint density at radius 2 is 1.96 bits per heavy atom. The van der Waals surface area contributed by atoms with E-state index in [4.69, 9.17) is 4.74 Å². The summed E-state index contributed by atoms with van der Waals surface area (Å²) in [5, 5.41) is 10.8. The molecule has 0 amide bonds. The number of piperidine rings is 2. The van der Waals surface area contributed by atoms with E-state index in [1.807, 2.05) is 18.4 Å². The van der Waals surface area contributed by atoms with Crippen molar-refractivity contribution in [2.75, 3.05) is 64.9 Å². The number of aliphatic imine (C=N–C) groups is 1. The van der Waals surface area contributed by atoms with Crippen LogP contribution in [0.3, 0.4) is 0 Å². The first-order chi connectivity index (χ1) is 13.3. The maximum absolute atomic E-state index is 5.18. The van der Waals surface area contributed by atoms with E-state index in [1.165, 1.54) is 30.9 Å². The summed E-state index contributed by atoms with van der Waals surface area (Å²) in [5.74, 6) is 1.70. The predicted octanol–water partition coefficient (Wildman–Crippen LogP) is 2.86. The van der Waals surface area contributed by atoms with Gasteiger partial charge in [0.05, 0.1) is 11.6 Å². The van der Waals surface area contributed by atoms with Crippen LogP contribution in [0.4, 0.5) is 5.00 Å². The van der Waals surface area contributed by atoms with Crippen LogP contribution in [-0.4, -0.2) is 76.9 Å². The molecule has 1 aromatic heterocycles. The minimum absolute atomic E-state index is 0. The number of likely N-dealkylation sites (tertiary alicyclic amines) is 1. The van der Waals surface area contributed by atoms with Crippen molar-refractivity contribution in [2.24, 2.45) is 10.9 Å². The molecule has 8 heteroatoms. The van der Waals surface area contributed by atoms with Gasteiger partial charge in [0, 0.05) is 46.4 Å². The molecule has 2 aliphatic heterocycles. The summed E-state index contributed by atoms with van der Waals surface area (Å²) in [6, 6.07) is 4.88. The number of ether oxygens (including phenoxy) is 1. The molecule has 2 N–H and O–H groups in total. The van der Waals surface area contributed by atoms with Gasteiger partial charge in [-0.05, 0) is 62.2 Å². The fourth-order valence-corrected chi connectivity index (χ4v) is 4.74. The fourth-order valence-electron chi connectivity index (χ4n) is 3.96. The van der Waals surface area contributed by atoms with Gasteiger partial charge in [-0.2, -0.15) is 0 Å². The summed E-state index contributed by atoms with van der Waals surface area (Å²) >= 11 is 1.84. The van der Waals surface area contributed by atoms with Gasteiger partial charge in [0.15, 0.2) is 5.96 Å². The number of guanidine groups is 1. The lowest BCUT2D eigenvalue weighted by Crippen LogP contribution is -2.50. The molecule has 0 aliphatic carbocycles. The Morgan fingerprint density at radius 1 is 1.21 bits per heavy atom. The third-order valence-electron chi connectivity index (χ3n) is 5.75. The molecule has 28 heavy (non-hydrogen) atoms. The van der Waals surface area contributed by atoms with Gasteiger partial charge < -0.3 is 25.2 Å². The van der Waals surface area contributed by atoms with Gasteiger partial charge in [0.1, 0.15) is 0 Å². The van der Waals surface area contributed by atoms with Crippen molar-refractivity contribution in [1.29, 1.82) is 0 Å². The lowest BCUT2D eigenvalue weighted by molar-refractivity contribution is 0.121. The van der Waals surface area contributed by atoms with Gasteiger partial charge in [-0.25, -0.2) is 0 Å². The van der Waals surface area contributed by atoms with Crippen LogP contribution in [-0.2, 0) is 4.74 Å². The van der Waals surface area contributed by atoms with Crippen LogP contribution in [0.15, 0.2) is 22.5 Å². The minimum atomic E-state index is 0. The lowest BCUT2D eigenvalue weighted by atomic mass is 9.97. The Labute approximate surface area is 191 Å². The molecule has 3 heterocycles. The zero-order valence-electron chi connectivity index (χ0n) is 17.2. The fraction of sp³-hybridized carbons (Fsp3) is 0.750. The maximum Gasteiger partial charge on any atom is 0.191 e. The molecule has 2 fully saturated rings. The Bertz CT molecular complexity index is 555. The normalized spacial score (nSPS) is 20.1. The molecule has 0 bridgehead atoms. The van der Waals surface area contributed by atoms with E-state index in [-0.39, 0.29) is 24.0 Å². The number of rotatable bonds is 7. The molecule has 0 saturated carbocycles. The second-order valence-electron chi connectivity index (χ2n) is 7.59. The molecule has 2 aliphatic rings. The van der Waals surface area contributed by atoms with Crippen LogP contribution in [0.25, 0.3) is 0 Å². The van der Waals surface area contributed by atoms with Crippen LogP contribution >= 0.6 is 35.3 Å². The lowest BCUT2D eigenvalue weighted by Gasteiger charge is -2.34. The summed E-state index contributed by atoms with van der Waals surface area (Å²) in [7, 11) is 3.66. The number of halogens is 1. The third kappa shape index (κ3) is 7.35. The highest BCUT2D eigenvalue weighted by molar-refractivity contribution is 14.0. The Hall–Kier alpha value is -0.580. The largest absolute Gasteiger partial charge is 0.383 e. The van der Waals surface area contributed by atoms with Gasteiger partial charge in [-0.3, -0.25) is 4.99 Å². The van der Waals surface area contributed by atoms with E-state index in [9.17, 15) is 0 Å². The van der Waals surface area contributed by atoms with Crippen molar-refractivity contribution in [3.05, 3.63) is 17.5 Å². The SMILES string of the molecule is CN=C(NCC1CCN(CCOC)CC1)NC1CCN(c2cccs2)CC1.I. The number of hydrogen-bond donors (Lipinski definition) is 2. The molecule has 2 saturated heterocycles. The monoisotopic (exact) mass is 521 g/mol. The number of nitrogens with one attached hydrogen (secondary N) is 2. The first kappa shape index (κ1) is 23.7. The molecular weight excluding hydrogens is 485 g/mol. The summed E-state index contributed by atoms with van der Waals surface area (Å²) in [4.78, 5) is 9.45. The van der Waals surface area contributed by atoms with Crippen molar-refractivity contribution in [1.82, 2.24) is 15.5 Å². The summed E-state index contributed by atoms with van der Waals surface area (Å²) in [5.41, 5.74) is 0. The van der Waals surface area contributed by atoms with Crippen molar-refractivity contribution < 1.29 is 4.74 Å². The van der Waals surface area contributed by atoms with Crippen LogP contribution in [0.5, 0.6) is 0 Å². The predicted molar refractivity (Wildman–Crippen MR) is 131 cm³/mol. The van der Waals surface area contributed by atoms with Gasteiger partial charge in [-0.15, -0.1) is 35.3 Å². The van der Waals surface area contributed by atoms with Gasteiger partial charge in [0.25, 0.3) is 0 Å². The smallest absolute Gasteiger partial charge is 0.191 e. The van der Waals surface area contributed by atoms with Gasteiger partial charge >= 0.3 is 0 Å². The minimum Gasteiger partial charge on any atom is -0.383 e. The highest BCUT2D eigenvalue weighted by atomic mass is 127. The molecule has 0 atom stereocenters. The highest BCUT2D eigenvalue weighted by Gasteiger charge is 2.22. The molecular formula is C20H36IN5OS. The topological polar surface area (TPSA) is 52.1 Å². The van der Waals surface area contributed by atoms with E-state index >= 15 is 0 Å². The first-order valence-electron chi connectivity index (χ1n) is 10.3. The second kappa shape index (κ2) is 12.9. The molecule has 0 aromatic carbocycles. The standard InChI is InChI=1S/C20H35N5OS.HI/c1-21-20(22-16-17-5-9-24(10-6-17)13-14-26-2)23-18-7-11-25(12-8-18)19-4-3-15-27-19;/h3-4,15,17-18H,5-14,16H2,1-2H3,(H2,21,22,23);1H. The number of thiophene rings is 1. The van der Waals surface area contributed by atoms with E-state index in [1.54, 1.807) is 7.11 Å². The van der Waals surface area contributed by atoms with Crippen molar-refractivity contribution in [2.45, 2.75) is 31.7 Å². The maximum atomic E-state index is 5.18. The Balaban J connectivity index is 0.00000280.